The summed E-state index contributed by atoms with van der Waals surface area (Å²) < 4.78 is 5.26. The van der Waals surface area contributed by atoms with Gasteiger partial charge in [-0.1, -0.05) is 72.1 Å². The second-order valence-electron chi connectivity index (χ2n) is 5.96. The quantitative estimate of drug-likeness (QED) is 0.197. The average molecular weight is 355 g/mol. The molecule has 0 aliphatic heterocycles. The molecule has 25 heavy (non-hydrogen) atoms. The van der Waals surface area contributed by atoms with Gasteiger partial charge in [0.05, 0.1) is 6.61 Å². The summed E-state index contributed by atoms with van der Waals surface area (Å²) in [5, 5.41) is 3.14. The summed E-state index contributed by atoms with van der Waals surface area (Å²) in [6, 6.07) is 0. The van der Waals surface area contributed by atoms with Crippen LogP contribution < -0.4 is 5.32 Å². The molecule has 4 nitrogen and oxygen atoms in total. The van der Waals surface area contributed by atoms with E-state index in [0.717, 1.165) is 38.6 Å². The van der Waals surface area contributed by atoms with E-state index < -0.39 is 0 Å². The van der Waals surface area contributed by atoms with Gasteiger partial charge in [0.1, 0.15) is 0 Å². The number of rotatable bonds is 17. The van der Waals surface area contributed by atoms with Crippen molar-refractivity contribution in [3.8, 4) is 0 Å². The summed E-state index contributed by atoms with van der Waals surface area (Å²) in [6.45, 7) is 11.1. The number of ether oxygens (including phenoxy) is 1. The molecular weight excluding hydrogens is 312 g/mol. The van der Waals surface area contributed by atoms with Gasteiger partial charge in [-0.2, -0.15) is 0 Å². The van der Waals surface area contributed by atoms with Gasteiger partial charge in [-0.25, -0.2) is 0 Å². The number of hydrogen-bond donors (Lipinski definition) is 1. The molecule has 0 rings (SSSR count). The minimum atomic E-state index is -0.0332. The molecule has 0 saturated carbocycles. The molecule has 0 aromatic carbocycles. The summed E-state index contributed by atoms with van der Waals surface area (Å²) >= 11 is 0. The Morgan fingerprint density at radius 3 is 2.24 bits per heavy atom. The molecule has 0 aromatic rings. The first-order chi connectivity index (χ1) is 12.3. The van der Waals surface area contributed by atoms with E-state index in [9.17, 15) is 4.79 Å². The number of esters is 1. The molecule has 0 atom stereocenters. The Bertz CT molecular complexity index is 304. The van der Waals surface area contributed by atoms with Crippen molar-refractivity contribution in [1.82, 2.24) is 5.32 Å². The second kappa shape index (κ2) is 24.9. The van der Waals surface area contributed by atoms with Crippen LogP contribution in [0, 0.1) is 0 Å². The van der Waals surface area contributed by atoms with Crippen LogP contribution in [-0.4, -0.2) is 25.8 Å². The van der Waals surface area contributed by atoms with Crippen molar-refractivity contribution >= 4 is 12.7 Å². The lowest BCUT2D eigenvalue weighted by molar-refractivity contribution is -0.143. The van der Waals surface area contributed by atoms with E-state index in [1.807, 2.05) is 13.8 Å². The number of nitrogens with one attached hydrogen (secondary N) is 1. The van der Waals surface area contributed by atoms with Crippen LogP contribution in [0.1, 0.15) is 97.8 Å². The Morgan fingerprint density at radius 2 is 1.56 bits per heavy atom. The van der Waals surface area contributed by atoms with Gasteiger partial charge in [-0.3, -0.25) is 9.79 Å². The molecule has 0 radical (unpaired) electrons. The first-order valence-corrected chi connectivity index (χ1v) is 10.3. The topological polar surface area (TPSA) is 50.7 Å². The van der Waals surface area contributed by atoms with Crippen molar-refractivity contribution in [2.24, 2.45) is 4.99 Å². The van der Waals surface area contributed by atoms with Crippen molar-refractivity contribution in [3.05, 3.63) is 12.4 Å². The minimum Gasteiger partial charge on any atom is -0.466 e. The molecule has 0 unspecified atom stereocenters. The van der Waals surface area contributed by atoms with Gasteiger partial charge >= 0.3 is 5.97 Å². The highest BCUT2D eigenvalue weighted by atomic mass is 16.5. The van der Waals surface area contributed by atoms with Gasteiger partial charge in [-0.15, -0.1) is 0 Å². The number of aliphatic imine (C=N–C) groups is 1. The first-order valence-electron chi connectivity index (χ1n) is 10.3. The number of unbranched alkanes of at least 4 members (excludes halogenated alkanes) is 9. The van der Waals surface area contributed by atoms with Crippen molar-refractivity contribution in [3.63, 3.8) is 0 Å². The van der Waals surface area contributed by atoms with Crippen LogP contribution in [0.2, 0.25) is 0 Å². The highest BCUT2D eigenvalue weighted by Crippen LogP contribution is 2.08. The SMILES string of the molecule is C=N/C=C\NCCCCCCC(=O)OCCCCCCCCC.CC. The lowest BCUT2D eigenvalue weighted by atomic mass is 10.1. The summed E-state index contributed by atoms with van der Waals surface area (Å²) in [7, 11) is 0. The van der Waals surface area contributed by atoms with Gasteiger partial charge in [-0.05, 0) is 26.0 Å². The molecule has 0 heterocycles. The fraction of sp³-hybridized carbons (Fsp3) is 0.810. The maximum Gasteiger partial charge on any atom is 0.305 e. The van der Waals surface area contributed by atoms with Crippen LogP contribution in [0.3, 0.4) is 0 Å². The number of carbonyl (C=O) groups is 1. The predicted molar refractivity (Wildman–Crippen MR) is 110 cm³/mol. The fourth-order valence-corrected chi connectivity index (χ4v) is 2.36. The third-order valence-corrected chi connectivity index (χ3v) is 3.76. The monoisotopic (exact) mass is 354 g/mol. The molecule has 4 heteroatoms. The molecule has 0 saturated heterocycles. The van der Waals surface area contributed by atoms with Crippen molar-refractivity contribution in [2.75, 3.05) is 13.2 Å². The molecule has 1 N–H and O–H groups in total. The normalized spacial score (nSPS) is 10.2. The van der Waals surface area contributed by atoms with Crippen LogP contribution >= 0.6 is 0 Å². The molecule has 0 fully saturated rings. The number of nitrogens with zero attached hydrogens (tertiary/aromatic N) is 1. The molecule has 0 spiro atoms. The molecular formula is C21H42N2O2. The third-order valence-electron chi connectivity index (χ3n) is 3.76. The minimum absolute atomic E-state index is 0.0332. The predicted octanol–water partition coefficient (Wildman–Crippen LogP) is 6.02. The largest absolute Gasteiger partial charge is 0.466 e. The standard InChI is InChI=1S/C19H36N2O2.C2H6/c1-3-4-5-6-7-10-13-18-23-19(22)14-11-8-9-12-15-21-17-16-20-2;1-2/h16-17,21H,2-15,18H2,1H3;1-2H3/b17-16-;. The average Bonchev–Trinajstić information content (AvgIpc) is 2.64. The summed E-state index contributed by atoms with van der Waals surface area (Å²) in [5.74, 6) is -0.0332. The first kappa shape index (κ1) is 25.9. The Kier molecular flexibility index (Phi) is 25.8. The summed E-state index contributed by atoms with van der Waals surface area (Å²) in [5.41, 5.74) is 0. The van der Waals surface area contributed by atoms with Gasteiger partial charge in [0, 0.05) is 25.4 Å². The van der Waals surface area contributed by atoms with Gasteiger partial charge < -0.3 is 10.1 Å². The number of hydrogen-bond acceptors (Lipinski definition) is 4. The maximum absolute atomic E-state index is 11.6. The van der Waals surface area contributed by atoms with Crippen molar-refractivity contribution in [1.29, 1.82) is 0 Å². The molecule has 0 aromatic heterocycles. The maximum atomic E-state index is 11.6. The van der Waals surface area contributed by atoms with E-state index >= 15 is 0 Å². The summed E-state index contributed by atoms with van der Waals surface area (Å²) in [4.78, 5) is 15.2. The van der Waals surface area contributed by atoms with Crippen LogP contribution in [0.4, 0.5) is 0 Å². The Labute approximate surface area is 156 Å². The van der Waals surface area contributed by atoms with Crippen LogP contribution in [-0.2, 0) is 9.53 Å². The zero-order valence-electron chi connectivity index (χ0n) is 17.0. The molecule has 0 aliphatic rings. The van der Waals surface area contributed by atoms with E-state index in [2.05, 4.69) is 24.0 Å². The Balaban J connectivity index is 0. The zero-order chi connectivity index (χ0) is 19.0. The van der Waals surface area contributed by atoms with Gasteiger partial charge in [0.15, 0.2) is 0 Å². The third kappa shape index (κ3) is 25.0. The molecule has 0 bridgehead atoms. The van der Waals surface area contributed by atoms with Crippen LogP contribution in [0.5, 0.6) is 0 Å². The van der Waals surface area contributed by atoms with E-state index in [-0.39, 0.29) is 5.97 Å². The highest BCUT2D eigenvalue weighted by Gasteiger charge is 2.02. The Hall–Kier alpha value is -1.32. The van der Waals surface area contributed by atoms with Gasteiger partial charge in [0.25, 0.3) is 0 Å². The van der Waals surface area contributed by atoms with Crippen molar-refractivity contribution < 1.29 is 9.53 Å². The van der Waals surface area contributed by atoms with E-state index in [0.29, 0.717) is 13.0 Å². The van der Waals surface area contributed by atoms with E-state index in [1.165, 1.54) is 38.5 Å². The van der Waals surface area contributed by atoms with E-state index in [4.69, 9.17) is 4.74 Å². The molecule has 0 amide bonds. The number of carbonyl (C=O) groups excluding carboxylic acids is 1. The smallest absolute Gasteiger partial charge is 0.305 e. The van der Waals surface area contributed by atoms with Gasteiger partial charge in [0.2, 0.25) is 0 Å². The zero-order valence-corrected chi connectivity index (χ0v) is 17.0. The lowest BCUT2D eigenvalue weighted by Gasteiger charge is -2.05. The Morgan fingerprint density at radius 1 is 0.960 bits per heavy atom. The molecule has 148 valence electrons. The van der Waals surface area contributed by atoms with E-state index in [1.54, 1.807) is 12.4 Å². The fourth-order valence-electron chi connectivity index (χ4n) is 2.36. The van der Waals surface area contributed by atoms with Crippen LogP contribution in [0.25, 0.3) is 0 Å². The second-order valence-corrected chi connectivity index (χ2v) is 5.96. The van der Waals surface area contributed by atoms with Crippen molar-refractivity contribution in [2.45, 2.75) is 97.8 Å². The highest BCUT2D eigenvalue weighted by molar-refractivity contribution is 5.69. The summed E-state index contributed by atoms with van der Waals surface area (Å²) in [6.07, 6.45) is 17.0. The molecule has 0 aliphatic carbocycles. The van der Waals surface area contributed by atoms with Crippen LogP contribution in [0.15, 0.2) is 17.4 Å². The lowest BCUT2D eigenvalue weighted by Crippen LogP contribution is -2.07.